The summed E-state index contributed by atoms with van der Waals surface area (Å²) >= 11 is 8.18. The zero-order valence-corrected chi connectivity index (χ0v) is 17.1. The van der Waals surface area contributed by atoms with E-state index in [0.717, 1.165) is 35.0 Å². The Morgan fingerprint density at radius 1 is 1.12 bits per heavy atom. The number of hydrogen-bond acceptors (Lipinski definition) is 3. The Bertz CT molecular complexity index is 939. The van der Waals surface area contributed by atoms with Gasteiger partial charge in [-0.25, -0.2) is 8.78 Å². The van der Waals surface area contributed by atoms with Crippen LogP contribution in [0.4, 0.5) is 25.8 Å². The zero-order valence-electron chi connectivity index (χ0n) is 13.3. The normalized spacial score (nSPS) is 14.8. The molecule has 140 valence electrons. The third-order valence-corrected chi connectivity index (χ3v) is 6.07. The third-order valence-electron chi connectivity index (χ3n) is 3.96. The highest BCUT2D eigenvalue weighted by atomic mass is 127. The van der Waals surface area contributed by atoms with Crippen molar-refractivity contribution in [1.29, 1.82) is 0 Å². The van der Waals surface area contributed by atoms with E-state index in [1.807, 2.05) is 0 Å². The fourth-order valence-corrected chi connectivity index (χ4v) is 4.50. The lowest BCUT2D eigenvalue weighted by atomic mass is 9.94. The molecule has 0 amide bonds. The van der Waals surface area contributed by atoms with Crippen LogP contribution in [0.3, 0.4) is 0 Å². The first-order valence-electron chi connectivity index (χ1n) is 7.75. The average molecular weight is 514 g/mol. The number of hydrogen-bond donors (Lipinski definition) is 3. The average Bonchev–Trinajstić information content (AvgIpc) is 2.52. The first kappa shape index (κ1) is 19.6. The maximum absolute atomic E-state index is 14.3. The summed E-state index contributed by atoms with van der Waals surface area (Å²) in [4.78, 5) is 0. The highest BCUT2D eigenvalue weighted by Gasteiger charge is 2.25. The molecule has 10 heteroatoms. The van der Waals surface area contributed by atoms with Gasteiger partial charge in [0.15, 0.2) is 11.6 Å². The van der Waals surface area contributed by atoms with Gasteiger partial charge in [0.2, 0.25) is 0 Å². The minimum Gasteiger partial charge on any atom is -0.350 e. The fraction of sp³-hybridized carbons (Fsp3) is 0.250. The van der Waals surface area contributed by atoms with Crippen molar-refractivity contribution < 1.29 is 17.2 Å². The monoisotopic (exact) mass is 513 g/mol. The molecule has 1 aliphatic rings. The van der Waals surface area contributed by atoms with Crippen molar-refractivity contribution in [2.24, 2.45) is 0 Å². The Kier molecular flexibility index (Phi) is 5.90. The van der Waals surface area contributed by atoms with Gasteiger partial charge in [0.05, 0.1) is 16.4 Å². The van der Waals surface area contributed by atoms with Crippen molar-refractivity contribution in [2.45, 2.75) is 25.3 Å². The summed E-state index contributed by atoms with van der Waals surface area (Å²) in [5.74, 6) is -2.31. The number of anilines is 3. The van der Waals surface area contributed by atoms with E-state index in [1.54, 1.807) is 18.2 Å². The number of benzene rings is 2. The van der Waals surface area contributed by atoms with E-state index in [2.05, 4.69) is 37.4 Å². The Hall–Kier alpha value is -1.17. The lowest BCUT2D eigenvalue weighted by molar-refractivity contribution is 0.384. The maximum Gasteiger partial charge on any atom is 0.299 e. The molecule has 26 heavy (non-hydrogen) atoms. The number of halogens is 4. The number of nitrogens with one attached hydrogen (secondary N) is 3. The fourth-order valence-electron chi connectivity index (χ4n) is 2.40. The van der Waals surface area contributed by atoms with Gasteiger partial charge >= 0.3 is 0 Å². The van der Waals surface area contributed by atoms with Gasteiger partial charge in [-0.3, -0.25) is 4.72 Å². The topological polar surface area (TPSA) is 70.2 Å². The molecule has 0 bridgehead atoms. The molecule has 5 nitrogen and oxygen atoms in total. The largest absolute Gasteiger partial charge is 0.350 e. The highest BCUT2D eigenvalue weighted by Crippen LogP contribution is 2.34. The molecule has 3 rings (SSSR count). The summed E-state index contributed by atoms with van der Waals surface area (Å²) in [7, 11) is -3.92. The molecule has 0 heterocycles. The summed E-state index contributed by atoms with van der Waals surface area (Å²) in [6, 6.07) is 6.84. The molecule has 2 aromatic carbocycles. The Labute approximate surface area is 168 Å². The molecule has 3 N–H and O–H groups in total. The van der Waals surface area contributed by atoms with Gasteiger partial charge in [0.25, 0.3) is 10.2 Å². The van der Waals surface area contributed by atoms with Crippen LogP contribution in [-0.2, 0) is 10.2 Å². The molecule has 1 saturated carbocycles. The van der Waals surface area contributed by atoms with Gasteiger partial charge in [-0.1, -0.05) is 18.0 Å². The molecule has 0 saturated heterocycles. The highest BCUT2D eigenvalue weighted by molar-refractivity contribution is 14.1. The van der Waals surface area contributed by atoms with Crippen LogP contribution in [0.15, 0.2) is 30.3 Å². The summed E-state index contributed by atoms with van der Waals surface area (Å²) < 4.78 is 58.1. The van der Waals surface area contributed by atoms with Crippen LogP contribution in [0.2, 0.25) is 5.02 Å². The molecule has 1 aliphatic carbocycles. The second-order valence-electron chi connectivity index (χ2n) is 5.88. The van der Waals surface area contributed by atoms with Crippen LogP contribution in [0, 0.1) is 15.2 Å². The number of rotatable bonds is 6. The van der Waals surface area contributed by atoms with E-state index in [0.29, 0.717) is 10.7 Å². The van der Waals surface area contributed by atoms with Crippen LogP contribution < -0.4 is 14.8 Å². The van der Waals surface area contributed by atoms with Crippen molar-refractivity contribution in [3.05, 3.63) is 50.6 Å². The summed E-state index contributed by atoms with van der Waals surface area (Å²) in [6.07, 6.45) is 2.46. The van der Waals surface area contributed by atoms with E-state index in [-0.39, 0.29) is 17.4 Å². The van der Waals surface area contributed by atoms with E-state index in [9.17, 15) is 17.2 Å². The van der Waals surface area contributed by atoms with Crippen LogP contribution >= 0.6 is 34.2 Å². The van der Waals surface area contributed by atoms with E-state index in [4.69, 9.17) is 11.6 Å². The van der Waals surface area contributed by atoms with E-state index >= 15 is 0 Å². The summed E-state index contributed by atoms with van der Waals surface area (Å²) in [5, 5.41) is 2.97. The van der Waals surface area contributed by atoms with Crippen molar-refractivity contribution >= 4 is 61.5 Å². The van der Waals surface area contributed by atoms with E-state index < -0.39 is 21.8 Å². The second kappa shape index (κ2) is 7.83. The van der Waals surface area contributed by atoms with Gasteiger partial charge in [-0.15, -0.1) is 0 Å². The summed E-state index contributed by atoms with van der Waals surface area (Å²) in [6.45, 7) is 0. The molecule has 1 fully saturated rings. The van der Waals surface area contributed by atoms with Gasteiger partial charge in [-0.05, 0) is 65.8 Å². The maximum atomic E-state index is 14.3. The third kappa shape index (κ3) is 4.56. The molecule has 2 aromatic rings. The van der Waals surface area contributed by atoms with Gasteiger partial charge in [0.1, 0.15) is 5.69 Å². The molecule has 0 radical (unpaired) electrons. The van der Waals surface area contributed by atoms with Gasteiger partial charge in [0, 0.05) is 9.61 Å². The molecule has 0 aliphatic heterocycles. The first-order chi connectivity index (χ1) is 12.2. The van der Waals surface area contributed by atoms with Gasteiger partial charge in [-0.2, -0.15) is 13.1 Å². The predicted octanol–water partition coefficient (Wildman–Crippen LogP) is 4.77. The zero-order chi connectivity index (χ0) is 18.9. The van der Waals surface area contributed by atoms with Gasteiger partial charge < -0.3 is 5.32 Å². The standard InChI is InChI=1S/C16H15ClF2IN3O2S/c17-11-8-9(20)4-6-13(11)21-16-14(7-5-12(18)15(16)19)23-26(24,25)22-10-2-1-3-10/h4-8,10,21-23H,1-3H2. The Balaban J connectivity index is 1.91. The van der Waals surface area contributed by atoms with E-state index in [1.165, 1.54) is 0 Å². The van der Waals surface area contributed by atoms with Crippen molar-refractivity contribution in [3.63, 3.8) is 0 Å². The van der Waals surface area contributed by atoms with Crippen LogP contribution in [0.25, 0.3) is 0 Å². The minimum atomic E-state index is -3.92. The summed E-state index contributed by atoms with van der Waals surface area (Å²) in [5.41, 5.74) is -0.138. The quantitative estimate of drug-likeness (QED) is 0.488. The second-order valence-corrected chi connectivity index (χ2v) is 8.98. The lowest BCUT2D eigenvalue weighted by Gasteiger charge is -2.26. The predicted molar refractivity (Wildman–Crippen MR) is 107 cm³/mol. The van der Waals surface area contributed by atoms with Crippen LogP contribution in [0.1, 0.15) is 19.3 Å². The van der Waals surface area contributed by atoms with Crippen molar-refractivity contribution in [1.82, 2.24) is 4.72 Å². The van der Waals surface area contributed by atoms with Crippen LogP contribution in [0.5, 0.6) is 0 Å². The Morgan fingerprint density at radius 3 is 2.42 bits per heavy atom. The van der Waals surface area contributed by atoms with Crippen molar-refractivity contribution in [3.8, 4) is 0 Å². The Morgan fingerprint density at radius 2 is 1.81 bits per heavy atom. The molecule has 0 spiro atoms. The molecule has 0 unspecified atom stereocenters. The minimum absolute atomic E-state index is 0.120. The molecular formula is C16H15ClF2IN3O2S. The SMILES string of the molecule is O=S(=O)(Nc1ccc(F)c(F)c1Nc1ccc(I)cc1Cl)NC1CCC1. The molecule has 0 aromatic heterocycles. The smallest absolute Gasteiger partial charge is 0.299 e. The molecular weight excluding hydrogens is 499 g/mol. The first-order valence-corrected chi connectivity index (χ1v) is 10.7. The lowest BCUT2D eigenvalue weighted by Crippen LogP contribution is -2.42. The molecule has 0 atom stereocenters. The van der Waals surface area contributed by atoms with Crippen LogP contribution in [-0.4, -0.2) is 14.5 Å². The van der Waals surface area contributed by atoms with Crippen molar-refractivity contribution in [2.75, 3.05) is 10.0 Å².